The lowest BCUT2D eigenvalue weighted by Gasteiger charge is -2.29. The van der Waals surface area contributed by atoms with Gasteiger partial charge in [-0.25, -0.2) is 0 Å². The summed E-state index contributed by atoms with van der Waals surface area (Å²) in [7, 11) is 0. The molecular formula is C21H26F3N3O+2. The number of halogens is 3. The third-order valence-electron chi connectivity index (χ3n) is 5.16. The molecule has 0 aromatic heterocycles. The fourth-order valence-corrected chi connectivity index (χ4v) is 3.57. The van der Waals surface area contributed by atoms with Gasteiger partial charge in [-0.15, -0.1) is 0 Å². The number of benzene rings is 2. The highest BCUT2D eigenvalue weighted by molar-refractivity contribution is 5.92. The molecule has 0 saturated carbocycles. The third kappa shape index (κ3) is 5.56. The van der Waals surface area contributed by atoms with Gasteiger partial charge in [0.25, 0.3) is 5.91 Å². The van der Waals surface area contributed by atoms with Crippen LogP contribution in [-0.2, 0) is 17.5 Å². The van der Waals surface area contributed by atoms with Gasteiger partial charge in [-0.05, 0) is 19.1 Å². The molecule has 1 heterocycles. The number of quaternary nitrogens is 2. The highest BCUT2D eigenvalue weighted by atomic mass is 19.4. The van der Waals surface area contributed by atoms with Crippen LogP contribution in [0.1, 0.15) is 16.7 Å². The lowest BCUT2D eigenvalue weighted by atomic mass is 10.1. The monoisotopic (exact) mass is 393 g/mol. The maximum Gasteiger partial charge on any atom is 0.418 e. The Labute approximate surface area is 162 Å². The summed E-state index contributed by atoms with van der Waals surface area (Å²) < 4.78 is 39.1. The van der Waals surface area contributed by atoms with Crippen molar-refractivity contribution < 1.29 is 27.8 Å². The Morgan fingerprint density at radius 1 is 0.964 bits per heavy atom. The summed E-state index contributed by atoms with van der Waals surface area (Å²) in [6.45, 7) is 6.75. The number of nitrogens with one attached hydrogen (secondary N) is 3. The predicted molar refractivity (Wildman–Crippen MR) is 101 cm³/mol. The summed E-state index contributed by atoms with van der Waals surface area (Å²) in [4.78, 5) is 14.8. The molecule has 1 aliphatic heterocycles. The molecule has 0 bridgehead atoms. The first-order chi connectivity index (χ1) is 13.3. The van der Waals surface area contributed by atoms with Crippen molar-refractivity contribution in [2.24, 2.45) is 0 Å². The molecule has 0 aliphatic carbocycles. The molecule has 0 atom stereocenters. The Morgan fingerprint density at radius 2 is 1.57 bits per heavy atom. The highest BCUT2D eigenvalue weighted by Crippen LogP contribution is 2.34. The first kappa shape index (κ1) is 20.4. The average molecular weight is 393 g/mol. The van der Waals surface area contributed by atoms with Gasteiger partial charge in [-0.1, -0.05) is 42.0 Å². The first-order valence-electron chi connectivity index (χ1n) is 9.50. The molecule has 2 aromatic carbocycles. The number of amides is 1. The quantitative estimate of drug-likeness (QED) is 0.695. The molecule has 150 valence electrons. The zero-order valence-corrected chi connectivity index (χ0v) is 15.9. The fourth-order valence-electron chi connectivity index (χ4n) is 3.57. The van der Waals surface area contributed by atoms with Gasteiger partial charge in [0.05, 0.1) is 11.3 Å². The van der Waals surface area contributed by atoms with E-state index in [4.69, 9.17) is 0 Å². The van der Waals surface area contributed by atoms with E-state index in [1.54, 1.807) is 0 Å². The standard InChI is InChI=1S/C21H24F3N3O/c1-16-6-8-17(9-7-16)14-26-10-12-27(13-11-26)15-20(28)25-19-5-3-2-4-18(19)21(22,23)24/h2-9H,10-15H2,1H3,(H,25,28)/p+2. The minimum atomic E-state index is -4.48. The van der Waals surface area contributed by atoms with Crippen molar-refractivity contribution in [1.82, 2.24) is 0 Å². The summed E-state index contributed by atoms with van der Waals surface area (Å²) in [5, 5.41) is 2.43. The van der Waals surface area contributed by atoms with Crippen LogP contribution in [0.5, 0.6) is 0 Å². The van der Waals surface area contributed by atoms with Crippen molar-refractivity contribution >= 4 is 11.6 Å². The summed E-state index contributed by atoms with van der Waals surface area (Å²) in [5.41, 5.74) is 1.55. The van der Waals surface area contributed by atoms with Crippen molar-refractivity contribution in [1.29, 1.82) is 0 Å². The average Bonchev–Trinajstić information content (AvgIpc) is 2.65. The van der Waals surface area contributed by atoms with Crippen molar-refractivity contribution in [2.45, 2.75) is 19.6 Å². The number of hydrogen-bond acceptors (Lipinski definition) is 1. The van der Waals surface area contributed by atoms with Crippen LogP contribution in [0.15, 0.2) is 48.5 Å². The second-order valence-electron chi connectivity index (χ2n) is 7.43. The molecule has 0 spiro atoms. The number of alkyl halides is 3. The molecule has 0 unspecified atom stereocenters. The Kier molecular flexibility index (Phi) is 6.36. The largest absolute Gasteiger partial charge is 0.418 e. The molecule has 7 heteroatoms. The molecule has 1 saturated heterocycles. The van der Waals surface area contributed by atoms with E-state index in [2.05, 4.69) is 36.5 Å². The first-order valence-corrected chi connectivity index (χ1v) is 9.50. The minimum Gasteiger partial charge on any atom is -0.322 e. The van der Waals surface area contributed by atoms with E-state index in [0.29, 0.717) is 0 Å². The van der Waals surface area contributed by atoms with Crippen LogP contribution in [0, 0.1) is 6.92 Å². The summed E-state index contributed by atoms with van der Waals surface area (Å²) >= 11 is 0. The van der Waals surface area contributed by atoms with Crippen molar-refractivity contribution in [3.63, 3.8) is 0 Å². The smallest absolute Gasteiger partial charge is 0.322 e. The number of carbonyl (C=O) groups excluding carboxylic acids is 1. The normalized spacial score (nSPS) is 20.0. The van der Waals surface area contributed by atoms with Gasteiger partial charge in [0.2, 0.25) is 0 Å². The molecular weight excluding hydrogens is 367 g/mol. The van der Waals surface area contributed by atoms with Crippen molar-refractivity contribution in [3.05, 3.63) is 65.2 Å². The fraction of sp³-hybridized carbons (Fsp3) is 0.381. The van der Waals surface area contributed by atoms with E-state index in [0.717, 1.165) is 43.7 Å². The summed E-state index contributed by atoms with van der Waals surface area (Å²) in [6.07, 6.45) is -4.48. The van der Waals surface area contributed by atoms with E-state index in [9.17, 15) is 18.0 Å². The van der Waals surface area contributed by atoms with Crippen LogP contribution >= 0.6 is 0 Å². The maximum atomic E-state index is 13.0. The van der Waals surface area contributed by atoms with Crippen LogP contribution in [0.4, 0.5) is 18.9 Å². The van der Waals surface area contributed by atoms with E-state index in [1.165, 1.54) is 34.2 Å². The Balaban J connectivity index is 1.48. The van der Waals surface area contributed by atoms with E-state index in [1.807, 2.05) is 0 Å². The number of para-hydroxylation sites is 1. The van der Waals surface area contributed by atoms with E-state index < -0.39 is 11.7 Å². The zero-order valence-electron chi connectivity index (χ0n) is 15.9. The molecule has 1 fully saturated rings. The lowest BCUT2D eigenvalue weighted by Crippen LogP contribution is -3.28. The molecule has 2 aromatic rings. The molecule has 3 N–H and O–H groups in total. The number of carbonyl (C=O) groups is 1. The Bertz CT molecular complexity index is 797. The van der Waals surface area contributed by atoms with Gasteiger partial charge in [0.15, 0.2) is 6.54 Å². The van der Waals surface area contributed by atoms with Gasteiger partial charge in [-0.2, -0.15) is 13.2 Å². The minimum absolute atomic E-state index is 0.178. The number of rotatable bonds is 5. The van der Waals surface area contributed by atoms with Crippen LogP contribution in [0.25, 0.3) is 0 Å². The van der Waals surface area contributed by atoms with Gasteiger partial charge in [0.1, 0.15) is 32.7 Å². The van der Waals surface area contributed by atoms with Gasteiger partial charge < -0.3 is 15.1 Å². The number of aryl methyl sites for hydroxylation is 1. The SMILES string of the molecule is Cc1ccc(C[NH+]2CC[NH+](CC(=O)Nc3ccccc3C(F)(F)F)CC2)cc1. The number of piperazine rings is 1. The topological polar surface area (TPSA) is 38.0 Å². The number of hydrogen-bond donors (Lipinski definition) is 3. The second kappa shape index (κ2) is 8.75. The highest BCUT2D eigenvalue weighted by Gasteiger charge is 2.34. The van der Waals surface area contributed by atoms with Crippen molar-refractivity contribution in [3.8, 4) is 0 Å². The third-order valence-corrected chi connectivity index (χ3v) is 5.16. The van der Waals surface area contributed by atoms with Crippen LogP contribution in [0.2, 0.25) is 0 Å². The number of anilines is 1. The molecule has 3 rings (SSSR count). The predicted octanol–water partition coefficient (Wildman–Crippen LogP) is 0.936. The van der Waals surface area contributed by atoms with Crippen LogP contribution in [-0.4, -0.2) is 38.6 Å². The van der Waals surface area contributed by atoms with Crippen molar-refractivity contribution in [2.75, 3.05) is 38.0 Å². The molecule has 0 radical (unpaired) electrons. The van der Waals surface area contributed by atoms with E-state index in [-0.39, 0.29) is 18.1 Å². The molecule has 1 amide bonds. The lowest BCUT2D eigenvalue weighted by molar-refractivity contribution is -1.02. The van der Waals surface area contributed by atoms with Crippen LogP contribution < -0.4 is 15.1 Å². The zero-order chi connectivity index (χ0) is 20.1. The Hall–Kier alpha value is -2.38. The summed E-state index contributed by atoms with van der Waals surface area (Å²) in [6, 6.07) is 13.6. The summed E-state index contributed by atoms with van der Waals surface area (Å²) in [5.74, 6) is -0.381. The Morgan fingerprint density at radius 3 is 2.21 bits per heavy atom. The molecule has 28 heavy (non-hydrogen) atoms. The molecule has 1 aliphatic rings. The van der Waals surface area contributed by atoms with Gasteiger partial charge in [0, 0.05) is 5.56 Å². The van der Waals surface area contributed by atoms with Gasteiger partial charge in [-0.3, -0.25) is 4.79 Å². The van der Waals surface area contributed by atoms with E-state index >= 15 is 0 Å². The van der Waals surface area contributed by atoms with Gasteiger partial charge >= 0.3 is 6.18 Å². The molecule has 4 nitrogen and oxygen atoms in total. The van der Waals surface area contributed by atoms with Crippen LogP contribution in [0.3, 0.4) is 0 Å². The second-order valence-corrected chi connectivity index (χ2v) is 7.43. The maximum absolute atomic E-state index is 13.0.